The van der Waals surface area contributed by atoms with E-state index in [9.17, 15) is 19.7 Å². The van der Waals surface area contributed by atoms with Gasteiger partial charge in [-0.15, -0.1) is 0 Å². The quantitative estimate of drug-likeness (QED) is 0.176. The fourth-order valence-corrected chi connectivity index (χ4v) is 4.70. The highest BCUT2D eigenvalue weighted by Gasteiger charge is 2.38. The third kappa shape index (κ3) is 5.49. The summed E-state index contributed by atoms with van der Waals surface area (Å²) in [6, 6.07) is 20.1. The van der Waals surface area contributed by atoms with Crippen LogP contribution in [0.25, 0.3) is 16.8 Å². The zero-order chi connectivity index (χ0) is 27.2. The average Bonchev–Trinajstić information content (AvgIpc) is 2.92. The number of hydrogen-bond acceptors (Lipinski definition) is 7. The molecule has 1 aliphatic rings. The van der Waals surface area contributed by atoms with Crippen molar-refractivity contribution in [1.29, 1.82) is 0 Å². The van der Waals surface area contributed by atoms with E-state index in [4.69, 9.17) is 9.47 Å². The van der Waals surface area contributed by atoms with Crippen LogP contribution in [-0.2, 0) is 19.1 Å². The second-order valence-electron chi connectivity index (χ2n) is 8.87. The summed E-state index contributed by atoms with van der Waals surface area (Å²) in [5.41, 5.74) is 2.74. The summed E-state index contributed by atoms with van der Waals surface area (Å²) in [6.07, 6.45) is 4.42. The molecule has 1 unspecified atom stereocenters. The van der Waals surface area contributed by atoms with E-state index in [1.54, 1.807) is 19.9 Å². The number of benzene rings is 3. The van der Waals surface area contributed by atoms with Crippen LogP contribution in [0.4, 0.5) is 5.69 Å². The topological polar surface area (TPSA) is 108 Å². The first-order valence-electron chi connectivity index (χ1n) is 12.1. The van der Waals surface area contributed by atoms with E-state index >= 15 is 0 Å². The maximum absolute atomic E-state index is 13.3. The van der Waals surface area contributed by atoms with Crippen molar-refractivity contribution in [3.63, 3.8) is 0 Å². The number of dihydropyridines is 1. The zero-order valence-corrected chi connectivity index (χ0v) is 21.4. The number of nitrogens with one attached hydrogen (secondary N) is 1. The molecular weight excluding hydrogens is 484 g/mol. The van der Waals surface area contributed by atoms with Crippen LogP contribution in [0.5, 0.6) is 0 Å². The number of ether oxygens (including phenoxy) is 2. The molecule has 0 saturated heterocycles. The number of fused-ring (bicyclic) bond motifs is 1. The molecule has 0 aromatic heterocycles. The minimum atomic E-state index is -0.887. The molecule has 0 amide bonds. The predicted octanol–water partition coefficient (Wildman–Crippen LogP) is 5.80. The Bertz CT molecular complexity index is 1500. The Kier molecular flexibility index (Phi) is 8.01. The number of esters is 2. The molecule has 8 heteroatoms. The lowest BCUT2D eigenvalue weighted by Gasteiger charge is -2.30. The zero-order valence-electron chi connectivity index (χ0n) is 21.4. The minimum Gasteiger partial charge on any atom is -0.466 e. The fourth-order valence-electron chi connectivity index (χ4n) is 4.70. The number of rotatable bonds is 8. The maximum Gasteiger partial charge on any atom is 0.336 e. The Hall–Kier alpha value is -4.72. The van der Waals surface area contributed by atoms with Gasteiger partial charge < -0.3 is 14.8 Å². The summed E-state index contributed by atoms with van der Waals surface area (Å²) in [4.78, 5) is 37.0. The van der Waals surface area contributed by atoms with Crippen molar-refractivity contribution in [3.05, 3.63) is 117 Å². The van der Waals surface area contributed by atoms with Gasteiger partial charge in [0.05, 0.1) is 35.7 Å². The molecule has 0 bridgehead atoms. The predicted molar refractivity (Wildman–Crippen MR) is 145 cm³/mol. The van der Waals surface area contributed by atoms with E-state index < -0.39 is 22.8 Å². The van der Waals surface area contributed by atoms with Crippen molar-refractivity contribution in [3.8, 4) is 0 Å². The van der Waals surface area contributed by atoms with Gasteiger partial charge in [0.1, 0.15) is 0 Å². The monoisotopic (exact) mass is 512 g/mol. The van der Waals surface area contributed by atoms with Gasteiger partial charge in [0.15, 0.2) is 0 Å². The van der Waals surface area contributed by atoms with Crippen LogP contribution >= 0.6 is 0 Å². The summed E-state index contributed by atoms with van der Waals surface area (Å²) in [5, 5.41) is 16.7. The second-order valence-corrected chi connectivity index (χ2v) is 8.87. The molecule has 194 valence electrons. The van der Waals surface area contributed by atoms with Crippen LogP contribution in [0.1, 0.15) is 37.3 Å². The largest absolute Gasteiger partial charge is 0.466 e. The van der Waals surface area contributed by atoms with Crippen molar-refractivity contribution < 1.29 is 24.0 Å². The van der Waals surface area contributed by atoms with Gasteiger partial charge in [0, 0.05) is 23.5 Å². The van der Waals surface area contributed by atoms with Crippen LogP contribution in [0.2, 0.25) is 0 Å². The van der Waals surface area contributed by atoms with Crippen LogP contribution < -0.4 is 5.32 Å². The first-order chi connectivity index (χ1) is 18.3. The summed E-state index contributed by atoms with van der Waals surface area (Å²) < 4.78 is 10.6. The molecule has 1 N–H and O–H groups in total. The number of nitro groups is 1. The fraction of sp³-hybridized carbons (Fsp3) is 0.200. The molecule has 3 aromatic rings. The first-order valence-corrected chi connectivity index (χ1v) is 12.1. The molecule has 8 nitrogen and oxygen atoms in total. The number of methoxy groups -OCH3 is 1. The van der Waals surface area contributed by atoms with Gasteiger partial charge in [-0.3, -0.25) is 10.1 Å². The van der Waals surface area contributed by atoms with E-state index in [2.05, 4.69) is 23.5 Å². The smallest absolute Gasteiger partial charge is 0.336 e. The Morgan fingerprint density at radius 2 is 1.66 bits per heavy atom. The molecular formula is C30H28N2O6. The van der Waals surface area contributed by atoms with E-state index in [-0.39, 0.29) is 23.4 Å². The molecule has 0 spiro atoms. The van der Waals surface area contributed by atoms with Crippen LogP contribution in [0.15, 0.2) is 95.3 Å². The normalized spacial score (nSPS) is 15.5. The molecule has 1 heterocycles. The van der Waals surface area contributed by atoms with Crippen LogP contribution in [-0.4, -0.2) is 30.6 Å². The van der Waals surface area contributed by atoms with Gasteiger partial charge in [-0.05, 0) is 42.2 Å². The minimum absolute atomic E-state index is 0.120. The van der Waals surface area contributed by atoms with Gasteiger partial charge in [0.25, 0.3) is 5.69 Å². The highest BCUT2D eigenvalue weighted by atomic mass is 16.6. The summed E-state index contributed by atoms with van der Waals surface area (Å²) in [7, 11) is 1.25. The van der Waals surface area contributed by atoms with Crippen LogP contribution in [0.3, 0.4) is 0 Å². The number of nitrogens with zero attached hydrogens (tertiary/aromatic N) is 1. The molecule has 0 saturated carbocycles. The van der Waals surface area contributed by atoms with Gasteiger partial charge in [-0.1, -0.05) is 66.7 Å². The SMILES string of the molecule is COC(=O)C1=C(C)NC(C)=C(C(=O)OCC/C=C/c2cccc3ccccc23)C1c1cccc([N+](=O)[O-])c1. The summed E-state index contributed by atoms with van der Waals surface area (Å²) in [5.74, 6) is -2.14. The van der Waals surface area contributed by atoms with Crippen molar-refractivity contribution in [2.24, 2.45) is 0 Å². The highest BCUT2D eigenvalue weighted by molar-refractivity contribution is 6.00. The van der Waals surface area contributed by atoms with Gasteiger partial charge in [-0.2, -0.15) is 0 Å². The molecule has 38 heavy (non-hydrogen) atoms. The van der Waals surface area contributed by atoms with E-state index in [1.165, 1.54) is 25.3 Å². The number of carbonyl (C=O) groups excluding carboxylic acids is 2. The highest BCUT2D eigenvalue weighted by Crippen LogP contribution is 2.40. The third-order valence-corrected chi connectivity index (χ3v) is 6.44. The Morgan fingerprint density at radius 1 is 0.974 bits per heavy atom. The van der Waals surface area contributed by atoms with E-state index in [0.717, 1.165) is 16.3 Å². The lowest BCUT2D eigenvalue weighted by Crippen LogP contribution is -2.32. The van der Waals surface area contributed by atoms with Crippen molar-refractivity contribution >= 4 is 34.5 Å². The van der Waals surface area contributed by atoms with Crippen molar-refractivity contribution in [2.75, 3.05) is 13.7 Å². The molecule has 0 fully saturated rings. The summed E-state index contributed by atoms with van der Waals surface area (Å²) >= 11 is 0. The van der Waals surface area contributed by atoms with Gasteiger partial charge in [-0.25, -0.2) is 9.59 Å². The molecule has 4 rings (SSSR count). The van der Waals surface area contributed by atoms with Crippen LogP contribution in [0, 0.1) is 10.1 Å². The van der Waals surface area contributed by atoms with Gasteiger partial charge >= 0.3 is 11.9 Å². The molecule has 1 aliphatic heterocycles. The molecule has 0 radical (unpaired) electrons. The molecule has 1 atom stereocenters. The standard InChI is InChI=1S/C30H28N2O6/c1-19-26(29(33)37-3)28(23-14-9-15-24(18-23)32(35)36)27(20(2)31-19)30(34)38-17-7-6-11-22-13-8-12-21-10-4-5-16-25(21)22/h4-6,8-16,18,28,31H,7,17H2,1-3H3/b11-6+. The van der Waals surface area contributed by atoms with E-state index in [0.29, 0.717) is 23.4 Å². The molecule has 0 aliphatic carbocycles. The lowest BCUT2D eigenvalue weighted by molar-refractivity contribution is -0.384. The number of nitro benzene ring substituents is 1. The lowest BCUT2D eigenvalue weighted by atomic mass is 9.80. The number of carbonyl (C=O) groups is 2. The second kappa shape index (κ2) is 11.6. The summed E-state index contributed by atoms with van der Waals surface area (Å²) in [6.45, 7) is 3.52. The molecule has 3 aromatic carbocycles. The van der Waals surface area contributed by atoms with Crippen molar-refractivity contribution in [2.45, 2.75) is 26.2 Å². The maximum atomic E-state index is 13.3. The number of non-ortho nitro benzene ring substituents is 1. The average molecular weight is 513 g/mol. The Balaban J connectivity index is 1.55. The third-order valence-electron chi connectivity index (χ3n) is 6.44. The Morgan fingerprint density at radius 3 is 2.39 bits per heavy atom. The first kappa shape index (κ1) is 26.3. The van der Waals surface area contributed by atoms with E-state index in [1.807, 2.05) is 36.4 Å². The van der Waals surface area contributed by atoms with Gasteiger partial charge in [0.2, 0.25) is 0 Å². The number of hydrogen-bond donors (Lipinski definition) is 1. The van der Waals surface area contributed by atoms with Crippen molar-refractivity contribution in [1.82, 2.24) is 5.32 Å². The number of allylic oxidation sites excluding steroid dienone is 2. The Labute approximate surface area is 220 Å².